The van der Waals surface area contributed by atoms with Crippen molar-refractivity contribution in [3.05, 3.63) is 11.5 Å². The molecule has 0 amide bonds. The van der Waals surface area contributed by atoms with Crippen LogP contribution in [0.3, 0.4) is 0 Å². The lowest BCUT2D eigenvalue weighted by Crippen LogP contribution is -2.46. The lowest BCUT2D eigenvalue weighted by molar-refractivity contribution is -0.0824. The third kappa shape index (κ3) is 3.16. The van der Waals surface area contributed by atoms with Crippen LogP contribution in [0.25, 0.3) is 0 Å². The summed E-state index contributed by atoms with van der Waals surface area (Å²) in [7, 11) is -3.69. The first kappa shape index (κ1) is 16.5. The first-order valence-electron chi connectivity index (χ1n) is 7.03. The Hall–Kier alpha value is -1.36. The molecule has 0 bridgehead atoms. The average molecular weight is 349 g/mol. The van der Waals surface area contributed by atoms with Crippen LogP contribution in [0, 0.1) is 0 Å². The number of aliphatic imine (C=N–C) groups is 1. The Bertz CT molecular complexity index is 591. The summed E-state index contributed by atoms with van der Waals surface area (Å²) < 4.78 is 21.6. The van der Waals surface area contributed by atoms with Crippen LogP contribution in [0.15, 0.2) is 16.5 Å². The molecule has 0 aliphatic carbocycles. The maximum Gasteiger partial charge on any atom is 0.325 e. The van der Waals surface area contributed by atoms with Gasteiger partial charge in [0.25, 0.3) is 0 Å². The number of ether oxygens (including phenoxy) is 1. The van der Waals surface area contributed by atoms with Gasteiger partial charge in [0.05, 0.1) is 13.3 Å². The molecule has 12 heteroatoms. The molecule has 11 nitrogen and oxygen atoms in total. The highest BCUT2D eigenvalue weighted by Gasteiger charge is 2.48. The highest BCUT2D eigenvalue weighted by molar-refractivity contribution is 7.51. The highest BCUT2D eigenvalue weighted by Crippen LogP contribution is 2.38. The Morgan fingerprint density at radius 1 is 1.48 bits per heavy atom. The maximum absolute atomic E-state index is 11.2. The summed E-state index contributed by atoms with van der Waals surface area (Å²) in [5.41, 5.74) is 6.40. The molecule has 0 spiro atoms. The van der Waals surface area contributed by atoms with Crippen LogP contribution in [-0.4, -0.2) is 77.0 Å². The van der Waals surface area contributed by atoms with Gasteiger partial charge in [0.2, 0.25) is 0 Å². The van der Waals surface area contributed by atoms with Gasteiger partial charge in [0.1, 0.15) is 42.3 Å². The largest absolute Gasteiger partial charge is 0.387 e. The molecule has 3 aliphatic heterocycles. The molecule has 3 aliphatic rings. The number of nitrogens with two attached hydrogens (primary N) is 1. The number of hydrogen-bond donors (Lipinski definition) is 6. The van der Waals surface area contributed by atoms with E-state index >= 15 is 0 Å². The maximum atomic E-state index is 11.2. The number of nitrogens with one attached hydrogen (secondary N) is 2. The molecule has 23 heavy (non-hydrogen) atoms. The van der Waals surface area contributed by atoms with E-state index in [1.807, 2.05) is 0 Å². The zero-order valence-electron chi connectivity index (χ0n) is 12.4. The summed E-state index contributed by atoms with van der Waals surface area (Å²) in [5, 5.41) is 26.4. The van der Waals surface area contributed by atoms with E-state index in [4.69, 9.17) is 19.9 Å². The zero-order valence-corrected chi connectivity index (χ0v) is 13.3. The van der Waals surface area contributed by atoms with Crippen LogP contribution < -0.4 is 16.4 Å². The lowest BCUT2D eigenvalue weighted by atomic mass is 10.1. The molecule has 0 aromatic rings. The smallest absolute Gasteiger partial charge is 0.325 e. The van der Waals surface area contributed by atoms with Gasteiger partial charge in [-0.15, -0.1) is 0 Å². The number of aliphatic hydroxyl groups excluding tert-OH is 2. The van der Waals surface area contributed by atoms with Crippen molar-refractivity contribution in [2.75, 3.05) is 26.6 Å². The average Bonchev–Trinajstić information content (AvgIpc) is 3.01. The van der Waals surface area contributed by atoms with Gasteiger partial charge in [-0.2, -0.15) is 0 Å². The van der Waals surface area contributed by atoms with Crippen molar-refractivity contribution in [3.8, 4) is 0 Å². The van der Waals surface area contributed by atoms with Gasteiger partial charge in [-0.1, -0.05) is 0 Å². The normalized spacial score (nSPS) is 36.2. The molecular formula is C11H20N5O6P. The van der Waals surface area contributed by atoms with Gasteiger partial charge in [0, 0.05) is 6.66 Å². The molecule has 3 rings (SSSR count). The zero-order chi connectivity index (χ0) is 16.8. The van der Waals surface area contributed by atoms with E-state index in [1.54, 1.807) is 4.90 Å². The van der Waals surface area contributed by atoms with E-state index in [9.17, 15) is 14.8 Å². The Kier molecular flexibility index (Phi) is 4.25. The summed E-state index contributed by atoms with van der Waals surface area (Å²) in [4.78, 5) is 14.9. The SMILES string of the molecule is CP(=O)(O)OC[C@H]1O[C@@H](N2CNC3=C2NCN=C3N)[C@H](O)[C@@H]1O. The van der Waals surface area contributed by atoms with E-state index < -0.39 is 32.1 Å². The predicted molar refractivity (Wildman–Crippen MR) is 78.9 cm³/mol. The van der Waals surface area contributed by atoms with Gasteiger partial charge in [0.15, 0.2) is 6.23 Å². The Morgan fingerprint density at radius 3 is 2.91 bits per heavy atom. The molecule has 1 fully saturated rings. The second-order valence-electron chi connectivity index (χ2n) is 5.55. The number of hydrogen-bond acceptors (Lipinski definition) is 10. The minimum atomic E-state index is -3.69. The van der Waals surface area contributed by atoms with Crippen LogP contribution in [-0.2, 0) is 13.8 Å². The monoisotopic (exact) mass is 349 g/mol. The fourth-order valence-electron chi connectivity index (χ4n) is 2.70. The van der Waals surface area contributed by atoms with Crippen molar-refractivity contribution >= 4 is 13.4 Å². The van der Waals surface area contributed by atoms with E-state index in [1.165, 1.54) is 0 Å². The van der Waals surface area contributed by atoms with Crippen molar-refractivity contribution in [3.63, 3.8) is 0 Å². The fraction of sp³-hybridized carbons (Fsp3) is 0.727. The van der Waals surface area contributed by atoms with Crippen molar-refractivity contribution in [2.45, 2.75) is 24.5 Å². The van der Waals surface area contributed by atoms with Gasteiger partial charge >= 0.3 is 7.60 Å². The lowest BCUT2D eigenvalue weighted by Gasteiger charge is -2.30. The van der Waals surface area contributed by atoms with Crippen LogP contribution >= 0.6 is 7.60 Å². The molecule has 0 aromatic carbocycles. The third-order valence-electron chi connectivity index (χ3n) is 3.82. The third-order valence-corrected chi connectivity index (χ3v) is 4.45. The minimum absolute atomic E-state index is 0.296. The van der Waals surface area contributed by atoms with E-state index in [0.717, 1.165) is 6.66 Å². The van der Waals surface area contributed by atoms with Crippen LogP contribution in [0.2, 0.25) is 0 Å². The van der Waals surface area contributed by atoms with E-state index in [0.29, 0.717) is 30.7 Å². The quantitative estimate of drug-likeness (QED) is 0.293. The van der Waals surface area contributed by atoms with Crippen LogP contribution in [0.5, 0.6) is 0 Å². The molecule has 0 radical (unpaired) electrons. The van der Waals surface area contributed by atoms with Crippen molar-refractivity contribution in [2.24, 2.45) is 10.7 Å². The molecule has 0 aromatic heterocycles. The Morgan fingerprint density at radius 2 is 2.22 bits per heavy atom. The number of nitrogens with zero attached hydrogens (tertiary/aromatic N) is 2. The van der Waals surface area contributed by atoms with Crippen molar-refractivity contribution in [1.29, 1.82) is 0 Å². The highest BCUT2D eigenvalue weighted by atomic mass is 31.2. The summed E-state index contributed by atoms with van der Waals surface area (Å²) in [5.74, 6) is 0.972. The number of rotatable bonds is 4. The van der Waals surface area contributed by atoms with Crippen LogP contribution in [0.4, 0.5) is 0 Å². The van der Waals surface area contributed by atoms with Gasteiger partial charge < -0.3 is 45.6 Å². The molecule has 1 unspecified atom stereocenters. The molecule has 0 saturated carbocycles. The number of amidine groups is 1. The van der Waals surface area contributed by atoms with Crippen LogP contribution in [0.1, 0.15) is 0 Å². The first-order valence-corrected chi connectivity index (χ1v) is 9.06. The molecule has 130 valence electrons. The first-order chi connectivity index (χ1) is 10.8. The topological polar surface area (TPSA) is 162 Å². The molecule has 7 N–H and O–H groups in total. The summed E-state index contributed by atoms with van der Waals surface area (Å²) in [6, 6.07) is 0. The number of aliphatic hydroxyl groups is 2. The predicted octanol–water partition coefficient (Wildman–Crippen LogP) is -2.79. The second-order valence-corrected chi connectivity index (χ2v) is 7.42. The fourth-order valence-corrected chi connectivity index (χ4v) is 3.13. The molecule has 1 saturated heterocycles. The van der Waals surface area contributed by atoms with Crippen molar-refractivity contribution < 1.29 is 28.9 Å². The van der Waals surface area contributed by atoms with Gasteiger partial charge in [-0.3, -0.25) is 4.57 Å². The Balaban J connectivity index is 1.72. The second kappa shape index (κ2) is 5.93. The van der Waals surface area contributed by atoms with Gasteiger partial charge in [-0.25, -0.2) is 4.99 Å². The van der Waals surface area contributed by atoms with Gasteiger partial charge in [-0.05, 0) is 0 Å². The summed E-state index contributed by atoms with van der Waals surface area (Å²) in [6.07, 6.45) is -4.23. The minimum Gasteiger partial charge on any atom is -0.387 e. The molecule has 5 atom stereocenters. The summed E-state index contributed by atoms with van der Waals surface area (Å²) >= 11 is 0. The Labute approximate surface area is 132 Å². The molecular weight excluding hydrogens is 329 g/mol. The van der Waals surface area contributed by atoms with E-state index in [-0.39, 0.29) is 6.61 Å². The summed E-state index contributed by atoms with van der Waals surface area (Å²) in [6.45, 7) is 1.34. The molecule has 3 heterocycles. The van der Waals surface area contributed by atoms with E-state index in [2.05, 4.69) is 15.6 Å². The standard InChI is InChI=1S/C11H20N5O6P/c1-23(19,20)21-2-5-7(17)8(18)11(22-5)16-4-15-6-9(12)13-3-14-10(6)16/h5,7-8,11,14-15,17-18H,2-4H2,1H3,(H2,12,13)(H,19,20)/t5-,7-,8-,11-/m1/s1. The van der Waals surface area contributed by atoms with Crippen molar-refractivity contribution in [1.82, 2.24) is 15.5 Å².